The first-order valence-electron chi connectivity index (χ1n) is 7.26. The number of pyridine rings is 1. The molecule has 1 amide bonds. The molecular weight excluding hydrogens is 312 g/mol. The van der Waals surface area contributed by atoms with Crippen LogP contribution in [-0.4, -0.2) is 35.8 Å². The van der Waals surface area contributed by atoms with Crippen LogP contribution in [0.15, 0.2) is 42.6 Å². The van der Waals surface area contributed by atoms with Crippen molar-refractivity contribution in [2.24, 2.45) is 0 Å². The number of rotatable bonds is 5. The highest BCUT2D eigenvalue weighted by molar-refractivity contribution is 8.00. The summed E-state index contributed by atoms with van der Waals surface area (Å²) in [6.45, 7) is 0.493. The largest absolute Gasteiger partial charge is 0.497 e. The zero-order valence-electron chi connectivity index (χ0n) is 13.1. The van der Waals surface area contributed by atoms with Crippen molar-refractivity contribution >= 4 is 17.7 Å². The van der Waals surface area contributed by atoms with Crippen LogP contribution in [-0.2, 0) is 11.3 Å². The lowest BCUT2D eigenvalue weighted by Gasteiger charge is -2.25. The molecule has 1 fully saturated rings. The molecule has 0 saturated carbocycles. The van der Waals surface area contributed by atoms with Gasteiger partial charge in [-0.25, -0.2) is 0 Å². The summed E-state index contributed by atoms with van der Waals surface area (Å²) in [5.74, 6) is 2.04. The molecule has 6 heteroatoms. The van der Waals surface area contributed by atoms with E-state index in [4.69, 9.17) is 9.47 Å². The highest BCUT2D eigenvalue weighted by Gasteiger charge is 2.34. The minimum atomic E-state index is -0.0784. The standard InChI is InChI=1S/C17H18N2O3S/c1-21-13-6-7-14(15(9-13)22-2)17-19(16(20)11-23-17)10-12-5-3-4-8-18-12/h3-9,17H,10-11H2,1-2H3. The summed E-state index contributed by atoms with van der Waals surface area (Å²) >= 11 is 1.60. The van der Waals surface area contributed by atoms with Gasteiger partial charge in [0.2, 0.25) is 5.91 Å². The van der Waals surface area contributed by atoms with Crippen LogP contribution in [0.3, 0.4) is 0 Å². The normalized spacial score (nSPS) is 17.4. The summed E-state index contributed by atoms with van der Waals surface area (Å²) in [5.41, 5.74) is 1.85. The second-order valence-electron chi connectivity index (χ2n) is 5.11. The van der Waals surface area contributed by atoms with Gasteiger partial charge in [-0.3, -0.25) is 9.78 Å². The van der Waals surface area contributed by atoms with E-state index in [-0.39, 0.29) is 11.3 Å². The van der Waals surface area contributed by atoms with Crippen LogP contribution in [0.2, 0.25) is 0 Å². The zero-order valence-corrected chi connectivity index (χ0v) is 13.9. The predicted molar refractivity (Wildman–Crippen MR) is 89.5 cm³/mol. The summed E-state index contributed by atoms with van der Waals surface area (Å²) in [5, 5.41) is -0.0784. The SMILES string of the molecule is COc1ccc(C2SCC(=O)N2Cc2ccccn2)c(OC)c1. The van der Waals surface area contributed by atoms with Crippen LogP contribution in [0.5, 0.6) is 11.5 Å². The van der Waals surface area contributed by atoms with Crippen LogP contribution < -0.4 is 9.47 Å². The van der Waals surface area contributed by atoms with Crippen molar-refractivity contribution in [1.29, 1.82) is 0 Å². The van der Waals surface area contributed by atoms with Crippen molar-refractivity contribution in [3.63, 3.8) is 0 Å². The molecule has 1 unspecified atom stereocenters. The van der Waals surface area contributed by atoms with E-state index in [1.54, 1.807) is 32.2 Å². The van der Waals surface area contributed by atoms with Gasteiger partial charge in [-0.2, -0.15) is 0 Å². The quantitative estimate of drug-likeness (QED) is 0.844. The fourth-order valence-electron chi connectivity index (χ4n) is 2.57. The van der Waals surface area contributed by atoms with Gasteiger partial charge in [-0.05, 0) is 24.3 Å². The Bertz CT molecular complexity index is 693. The smallest absolute Gasteiger partial charge is 0.234 e. The lowest BCUT2D eigenvalue weighted by Crippen LogP contribution is -2.28. The molecule has 3 rings (SSSR count). The van der Waals surface area contributed by atoms with E-state index in [0.717, 1.165) is 22.8 Å². The van der Waals surface area contributed by atoms with Crippen molar-refractivity contribution in [2.75, 3.05) is 20.0 Å². The lowest BCUT2D eigenvalue weighted by molar-refractivity contribution is -0.128. The van der Waals surface area contributed by atoms with Crippen molar-refractivity contribution in [1.82, 2.24) is 9.88 Å². The first kappa shape index (κ1) is 15.7. The van der Waals surface area contributed by atoms with E-state index in [2.05, 4.69) is 4.98 Å². The summed E-state index contributed by atoms with van der Waals surface area (Å²) in [7, 11) is 3.25. The number of hydrogen-bond acceptors (Lipinski definition) is 5. The fourth-order valence-corrected chi connectivity index (χ4v) is 3.78. The maximum atomic E-state index is 12.3. The molecule has 0 bridgehead atoms. The number of hydrogen-bond donors (Lipinski definition) is 0. The maximum Gasteiger partial charge on any atom is 0.234 e. The van der Waals surface area contributed by atoms with Gasteiger partial charge in [0.05, 0.1) is 32.2 Å². The molecule has 120 valence electrons. The number of carbonyl (C=O) groups is 1. The van der Waals surface area contributed by atoms with E-state index in [0.29, 0.717) is 12.3 Å². The number of methoxy groups -OCH3 is 2. The average Bonchev–Trinajstić information content (AvgIpc) is 2.96. The first-order chi connectivity index (χ1) is 11.2. The van der Waals surface area contributed by atoms with E-state index in [1.807, 2.05) is 41.3 Å². The van der Waals surface area contributed by atoms with Crippen LogP contribution in [0, 0.1) is 0 Å². The minimum Gasteiger partial charge on any atom is -0.497 e. The Labute approximate surface area is 139 Å². The third-order valence-corrected chi connectivity index (χ3v) is 4.97. The van der Waals surface area contributed by atoms with E-state index >= 15 is 0 Å². The lowest BCUT2D eigenvalue weighted by atomic mass is 10.1. The molecule has 0 aliphatic carbocycles. The molecule has 5 nitrogen and oxygen atoms in total. The van der Waals surface area contributed by atoms with Gasteiger partial charge >= 0.3 is 0 Å². The molecule has 0 spiro atoms. The second-order valence-corrected chi connectivity index (χ2v) is 6.18. The molecule has 1 saturated heterocycles. The Kier molecular flexibility index (Phi) is 4.71. The van der Waals surface area contributed by atoms with E-state index in [9.17, 15) is 4.79 Å². The minimum absolute atomic E-state index is 0.0784. The topological polar surface area (TPSA) is 51.7 Å². The molecule has 2 aromatic rings. The van der Waals surface area contributed by atoms with E-state index in [1.165, 1.54) is 0 Å². The molecule has 1 aliphatic rings. The Morgan fingerprint density at radius 2 is 2.13 bits per heavy atom. The molecule has 1 aromatic heterocycles. The summed E-state index contributed by atoms with van der Waals surface area (Å²) < 4.78 is 10.7. The van der Waals surface area contributed by atoms with Crippen LogP contribution in [0.4, 0.5) is 0 Å². The molecule has 2 heterocycles. The summed E-state index contributed by atoms with van der Waals surface area (Å²) in [6.07, 6.45) is 1.74. The summed E-state index contributed by atoms with van der Waals surface area (Å²) in [6, 6.07) is 11.4. The Morgan fingerprint density at radius 3 is 2.83 bits per heavy atom. The van der Waals surface area contributed by atoms with Crippen molar-refractivity contribution in [2.45, 2.75) is 11.9 Å². The average molecular weight is 330 g/mol. The van der Waals surface area contributed by atoms with Gasteiger partial charge < -0.3 is 14.4 Å². The number of thioether (sulfide) groups is 1. The molecule has 0 N–H and O–H groups in total. The Balaban J connectivity index is 1.90. The van der Waals surface area contributed by atoms with Crippen molar-refractivity contribution in [3.8, 4) is 11.5 Å². The van der Waals surface area contributed by atoms with Crippen molar-refractivity contribution < 1.29 is 14.3 Å². The third-order valence-electron chi connectivity index (χ3n) is 3.73. The molecule has 1 aromatic carbocycles. The number of carbonyl (C=O) groups excluding carboxylic acids is 1. The highest BCUT2D eigenvalue weighted by atomic mass is 32.2. The van der Waals surface area contributed by atoms with Gasteiger partial charge in [0.1, 0.15) is 16.9 Å². The fraction of sp³-hybridized carbons (Fsp3) is 0.294. The Morgan fingerprint density at radius 1 is 1.26 bits per heavy atom. The molecular formula is C17H18N2O3S. The van der Waals surface area contributed by atoms with Gasteiger partial charge in [-0.1, -0.05) is 6.07 Å². The number of amides is 1. The van der Waals surface area contributed by atoms with Gasteiger partial charge in [0.15, 0.2) is 0 Å². The predicted octanol–water partition coefficient (Wildman–Crippen LogP) is 2.87. The van der Waals surface area contributed by atoms with Crippen LogP contribution in [0.25, 0.3) is 0 Å². The second kappa shape index (κ2) is 6.91. The Hall–Kier alpha value is -2.21. The number of benzene rings is 1. The first-order valence-corrected chi connectivity index (χ1v) is 8.30. The van der Waals surface area contributed by atoms with E-state index < -0.39 is 0 Å². The van der Waals surface area contributed by atoms with Gasteiger partial charge in [0, 0.05) is 17.8 Å². The van der Waals surface area contributed by atoms with Crippen molar-refractivity contribution in [3.05, 3.63) is 53.9 Å². The number of aromatic nitrogens is 1. The van der Waals surface area contributed by atoms with Gasteiger partial charge in [0.25, 0.3) is 0 Å². The highest BCUT2D eigenvalue weighted by Crippen LogP contribution is 2.43. The van der Waals surface area contributed by atoms with Crippen LogP contribution >= 0.6 is 11.8 Å². The number of nitrogens with zero attached hydrogens (tertiary/aromatic N) is 2. The van der Waals surface area contributed by atoms with Gasteiger partial charge in [-0.15, -0.1) is 11.8 Å². The number of ether oxygens (including phenoxy) is 2. The zero-order chi connectivity index (χ0) is 16.2. The molecule has 0 radical (unpaired) electrons. The maximum absolute atomic E-state index is 12.3. The van der Waals surface area contributed by atoms with Crippen LogP contribution in [0.1, 0.15) is 16.6 Å². The molecule has 1 atom stereocenters. The summed E-state index contributed by atoms with van der Waals surface area (Å²) in [4.78, 5) is 18.5. The third kappa shape index (κ3) is 3.27. The molecule has 23 heavy (non-hydrogen) atoms. The molecule has 1 aliphatic heterocycles. The monoisotopic (exact) mass is 330 g/mol.